The van der Waals surface area contributed by atoms with Crippen molar-refractivity contribution in [2.45, 2.75) is 33.0 Å². The van der Waals surface area contributed by atoms with Gasteiger partial charge in [0, 0.05) is 12.2 Å². The average Bonchev–Trinajstić information content (AvgIpc) is 1.96. The van der Waals surface area contributed by atoms with Crippen molar-refractivity contribution in [1.29, 1.82) is 0 Å². The molecule has 0 saturated heterocycles. The first-order valence-corrected chi connectivity index (χ1v) is 4.20. The van der Waals surface area contributed by atoms with Crippen LogP contribution in [0.4, 0.5) is 0 Å². The molecule has 68 valence electrons. The summed E-state index contributed by atoms with van der Waals surface area (Å²) < 4.78 is 0. The van der Waals surface area contributed by atoms with Gasteiger partial charge in [0.15, 0.2) is 0 Å². The molecular weight excluding hydrogens is 150 g/mol. The number of hydrogen-bond donors (Lipinski definition) is 2. The molecule has 0 bridgehead atoms. The Morgan fingerprint density at radius 2 is 2.25 bits per heavy atom. The van der Waals surface area contributed by atoms with Crippen molar-refractivity contribution < 1.29 is 0 Å². The van der Waals surface area contributed by atoms with Crippen molar-refractivity contribution in [3.05, 3.63) is 24.2 Å². The van der Waals surface area contributed by atoms with E-state index < -0.39 is 0 Å². The lowest BCUT2D eigenvalue weighted by atomic mass is 10.2. The third-order valence-electron chi connectivity index (χ3n) is 2.02. The van der Waals surface area contributed by atoms with Crippen molar-refractivity contribution in [3.8, 4) is 0 Å². The summed E-state index contributed by atoms with van der Waals surface area (Å²) in [6.07, 6.45) is 1.97. The van der Waals surface area contributed by atoms with Gasteiger partial charge in [0.25, 0.3) is 0 Å². The van der Waals surface area contributed by atoms with E-state index in [9.17, 15) is 0 Å². The Morgan fingerprint density at radius 3 is 2.75 bits per heavy atom. The van der Waals surface area contributed by atoms with Gasteiger partial charge in [-0.05, 0) is 26.3 Å². The van der Waals surface area contributed by atoms with E-state index in [1.165, 1.54) is 0 Å². The van der Waals surface area contributed by atoms with Crippen LogP contribution < -0.4 is 11.1 Å². The highest BCUT2D eigenvalue weighted by molar-refractivity contribution is 5.17. The van der Waals surface area contributed by atoms with Crippen LogP contribution in [0.1, 0.15) is 20.8 Å². The van der Waals surface area contributed by atoms with Crippen LogP contribution in [-0.2, 0) is 0 Å². The summed E-state index contributed by atoms with van der Waals surface area (Å²) in [7, 11) is 0. The van der Waals surface area contributed by atoms with Crippen molar-refractivity contribution in [2.24, 2.45) is 5.73 Å². The van der Waals surface area contributed by atoms with Crippen molar-refractivity contribution in [3.63, 3.8) is 0 Å². The van der Waals surface area contributed by atoms with Gasteiger partial charge in [-0.2, -0.15) is 0 Å². The van der Waals surface area contributed by atoms with E-state index in [-0.39, 0.29) is 6.17 Å². The minimum Gasteiger partial charge on any atom is -0.353 e. The number of rotatable bonds is 1. The van der Waals surface area contributed by atoms with Crippen LogP contribution in [0.5, 0.6) is 0 Å². The monoisotopic (exact) mass is 167 g/mol. The molecular formula is C9H17N3. The molecule has 0 aromatic heterocycles. The third-order valence-corrected chi connectivity index (χ3v) is 2.02. The van der Waals surface area contributed by atoms with E-state index in [0.29, 0.717) is 6.04 Å². The molecule has 1 aliphatic rings. The fraction of sp³-hybridized carbons (Fsp3) is 0.556. The molecule has 1 unspecified atom stereocenters. The van der Waals surface area contributed by atoms with Gasteiger partial charge < -0.3 is 16.0 Å². The topological polar surface area (TPSA) is 41.3 Å². The molecule has 3 N–H and O–H groups in total. The Kier molecular flexibility index (Phi) is 2.43. The summed E-state index contributed by atoms with van der Waals surface area (Å²) in [5, 5.41) is 3.10. The largest absolute Gasteiger partial charge is 0.353 e. The van der Waals surface area contributed by atoms with Crippen LogP contribution in [-0.4, -0.2) is 17.1 Å². The highest BCUT2D eigenvalue weighted by atomic mass is 15.3. The molecule has 1 rings (SSSR count). The molecule has 0 aromatic rings. The molecule has 1 heterocycles. The second-order valence-electron chi connectivity index (χ2n) is 3.44. The van der Waals surface area contributed by atoms with Gasteiger partial charge in [0.1, 0.15) is 0 Å². The lowest BCUT2D eigenvalue weighted by Gasteiger charge is -2.35. The normalized spacial score (nSPS) is 24.1. The Hall–Kier alpha value is -0.960. The summed E-state index contributed by atoms with van der Waals surface area (Å²) in [5.41, 5.74) is 6.90. The van der Waals surface area contributed by atoms with Crippen molar-refractivity contribution in [1.82, 2.24) is 10.2 Å². The minimum absolute atomic E-state index is 0.0764. The molecule has 0 spiro atoms. The second-order valence-corrected chi connectivity index (χ2v) is 3.44. The maximum absolute atomic E-state index is 5.76. The van der Waals surface area contributed by atoms with Crippen molar-refractivity contribution in [2.75, 3.05) is 0 Å². The maximum atomic E-state index is 5.76. The van der Waals surface area contributed by atoms with Crippen molar-refractivity contribution >= 4 is 0 Å². The highest BCUT2D eigenvalue weighted by Gasteiger charge is 2.18. The molecule has 1 aliphatic heterocycles. The van der Waals surface area contributed by atoms with Crippen LogP contribution in [0.15, 0.2) is 24.2 Å². The first-order valence-electron chi connectivity index (χ1n) is 4.20. The lowest BCUT2D eigenvalue weighted by molar-refractivity contribution is 0.325. The van der Waals surface area contributed by atoms with Gasteiger partial charge >= 0.3 is 0 Å². The van der Waals surface area contributed by atoms with E-state index in [2.05, 4.69) is 30.6 Å². The molecule has 0 saturated carbocycles. The molecule has 3 nitrogen and oxygen atoms in total. The SMILES string of the molecule is C=C1NC(N)C(C)=CN1C(C)C. The van der Waals surface area contributed by atoms with Crippen LogP contribution >= 0.6 is 0 Å². The van der Waals surface area contributed by atoms with E-state index >= 15 is 0 Å². The predicted octanol–water partition coefficient (Wildman–Crippen LogP) is 0.960. The summed E-state index contributed by atoms with van der Waals surface area (Å²) in [5.74, 6) is 0.878. The van der Waals surface area contributed by atoms with Gasteiger partial charge in [-0.1, -0.05) is 6.58 Å². The summed E-state index contributed by atoms with van der Waals surface area (Å²) in [6.45, 7) is 10.1. The van der Waals surface area contributed by atoms with Gasteiger partial charge in [0.2, 0.25) is 0 Å². The first-order chi connectivity index (χ1) is 5.52. The maximum Gasteiger partial charge on any atom is 0.0996 e. The molecule has 0 aliphatic carbocycles. The van der Waals surface area contributed by atoms with E-state index in [1.807, 2.05) is 13.1 Å². The zero-order valence-electron chi connectivity index (χ0n) is 7.96. The Labute approximate surface area is 73.9 Å². The van der Waals surface area contributed by atoms with E-state index in [4.69, 9.17) is 5.73 Å². The molecule has 0 aromatic carbocycles. The molecule has 0 radical (unpaired) electrons. The van der Waals surface area contributed by atoms with Crippen LogP contribution in [0.3, 0.4) is 0 Å². The second kappa shape index (κ2) is 3.19. The fourth-order valence-corrected chi connectivity index (χ4v) is 1.21. The van der Waals surface area contributed by atoms with Gasteiger partial charge in [-0.25, -0.2) is 0 Å². The highest BCUT2D eigenvalue weighted by Crippen LogP contribution is 2.15. The zero-order valence-corrected chi connectivity index (χ0v) is 7.96. The third kappa shape index (κ3) is 1.61. The standard InChI is InChI=1S/C9H17N3/c1-6(2)12-5-7(3)9(10)11-8(12)4/h5-6,9,11H,4,10H2,1-3H3. The molecule has 12 heavy (non-hydrogen) atoms. The smallest absolute Gasteiger partial charge is 0.0996 e. The Balaban J connectivity index is 2.83. The van der Waals surface area contributed by atoms with E-state index in [1.54, 1.807) is 0 Å². The zero-order chi connectivity index (χ0) is 9.30. The number of nitrogens with zero attached hydrogens (tertiary/aromatic N) is 1. The summed E-state index contributed by atoms with van der Waals surface area (Å²) in [4.78, 5) is 2.08. The molecule has 0 amide bonds. The molecule has 1 atom stereocenters. The average molecular weight is 167 g/mol. The van der Waals surface area contributed by atoms with Crippen LogP contribution in [0.25, 0.3) is 0 Å². The van der Waals surface area contributed by atoms with E-state index in [0.717, 1.165) is 11.4 Å². The van der Waals surface area contributed by atoms with Gasteiger partial charge in [-0.3, -0.25) is 0 Å². The quantitative estimate of drug-likeness (QED) is 0.611. The minimum atomic E-state index is -0.0764. The number of nitrogens with two attached hydrogens (primary N) is 1. The summed E-state index contributed by atoms with van der Waals surface area (Å²) >= 11 is 0. The number of nitrogens with one attached hydrogen (secondary N) is 1. The number of hydrogen-bond acceptors (Lipinski definition) is 3. The van der Waals surface area contributed by atoms with Crippen LogP contribution in [0, 0.1) is 0 Å². The first kappa shape index (κ1) is 9.13. The summed E-state index contributed by atoms with van der Waals surface area (Å²) in [6, 6.07) is 0.424. The van der Waals surface area contributed by atoms with Crippen LogP contribution in [0.2, 0.25) is 0 Å². The Morgan fingerprint density at radius 1 is 1.67 bits per heavy atom. The van der Waals surface area contributed by atoms with Gasteiger partial charge in [-0.15, -0.1) is 0 Å². The molecule has 3 heteroatoms. The van der Waals surface area contributed by atoms with Gasteiger partial charge in [0.05, 0.1) is 12.0 Å². The fourth-order valence-electron chi connectivity index (χ4n) is 1.21. The predicted molar refractivity (Wildman–Crippen MR) is 51.0 cm³/mol. The lowest BCUT2D eigenvalue weighted by Crippen LogP contribution is -2.47. The Bertz CT molecular complexity index is 218. The molecule has 0 fully saturated rings.